The van der Waals surface area contributed by atoms with Crippen LogP contribution >= 0.6 is 0 Å². The van der Waals surface area contributed by atoms with Crippen LogP contribution in [0.5, 0.6) is 0 Å². The van der Waals surface area contributed by atoms with Crippen LogP contribution in [0, 0.1) is 6.92 Å². The molecule has 1 aromatic heterocycles. The molecular formula is C14H14N2O4. The van der Waals surface area contributed by atoms with Crippen molar-refractivity contribution in [2.75, 3.05) is 5.32 Å². The van der Waals surface area contributed by atoms with Gasteiger partial charge in [-0.2, -0.15) is 0 Å². The van der Waals surface area contributed by atoms with Gasteiger partial charge >= 0.3 is 5.97 Å². The van der Waals surface area contributed by atoms with E-state index in [2.05, 4.69) is 10.5 Å². The van der Waals surface area contributed by atoms with Crippen molar-refractivity contribution in [3.63, 3.8) is 0 Å². The topological polar surface area (TPSA) is 92.4 Å². The van der Waals surface area contributed by atoms with Gasteiger partial charge in [0.1, 0.15) is 17.0 Å². The fourth-order valence-corrected chi connectivity index (χ4v) is 1.78. The summed E-state index contributed by atoms with van der Waals surface area (Å²) < 4.78 is 4.92. The fourth-order valence-electron chi connectivity index (χ4n) is 1.78. The molecule has 0 spiro atoms. The number of carboxylic acids is 1. The van der Waals surface area contributed by atoms with Crippen molar-refractivity contribution in [3.05, 3.63) is 35.6 Å². The average Bonchev–Trinajstić information content (AvgIpc) is 2.81. The van der Waals surface area contributed by atoms with E-state index in [1.807, 2.05) is 0 Å². The second-order valence-electron chi connectivity index (χ2n) is 4.25. The van der Waals surface area contributed by atoms with Gasteiger partial charge in [-0.1, -0.05) is 24.2 Å². The Hall–Kier alpha value is -2.63. The molecule has 1 heterocycles. The minimum absolute atomic E-state index is 0.0512. The van der Waals surface area contributed by atoms with Gasteiger partial charge in [-0.3, -0.25) is 4.79 Å². The lowest BCUT2D eigenvalue weighted by Gasteiger charge is -2.04. The van der Waals surface area contributed by atoms with Crippen molar-refractivity contribution in [3.8, 4) is 11.3 Å². The smallest absolute Gasteiger partial charge is 0.341 e. The highest BCUT2D eigenvalue weighted by molar-refractivity contribution is 5.96. The van der Waals surface area contributed by atoms with Crippen molar-refractivity contribution in [1.29, 1.82) is 0 Å². The van der Waals surface area contributed by atoms with Crippen LogP contribution in [-0.2, 0) is 4.79 Å². The molecule has 20 heavy (non-hydrogen) atoms. The maximum absolute atomic E-state index is 11.3. The number of carboxylic acid groups (broad SMARTS) is 1. The van der Waals surface area contributed by atoms with Gasteiger partial charge in [-0.05, 0) is 19.1 Å². The molecule has 0 aliphatic heterocycles. The molecule has 0 bridgehead atoms. The number of anilines is 1. The molecule has 6 heteroatoms. The highest BCUT2D eigenvalue weighted by Crippen LogP contribution is 2.26. The third-order valence-corrected chi connectivity index (χ3v) is 2.84. The van der Waals surface area contributed by atoms with Crippen molar-refractivity contribution in [1.82, 2.24) is 5.16 Å². The van der Waals surface area contributed by atoms with Crippen molar-refractivity contribution >= 4 is 17.6 Å². The summed E-state index contributed by atoms with van der Waals surface area (Å²) in [6.45, 7) is 3.32. The van der Waals surface area contributed by atoms with E-state index in [4.69, 9.17) is 9.63 Å². The molecule has 0 unspecified atom stereocenters. The molecule has 0 aliphatic carbocycles. The summed E-state index contributed by atoms with van der Waals surface area (Å²) in [5, 5.41) is 15.6. The Balaban J connectivity index is 2.31. The third-order valence-electron chi connectivity index (χ3n) is 2.84. The maximum Gasteiger partial charge on any atom is 0.341 e. The highest BCUT2D eigenvalue weighted by atomic mass is 16.5. The Morgan fingerprint density at radius 1 is 1.30 bits per heavy atom. The van der Waals surface area contributed by atoms with E-state index < -0.39 is 5.97 Å². The molecule has 2 aromatic rings. The number of carbonyl (C=O) groups is 2. The number of aromatic nitrogens is 1. The van der Waals surface area contributed by atoms with Crippen LogP contribution in [0.1, 0.15) is 29.5 Å². The Labute approximate surface area is 115 Å². The van der Waals surface area contributed by atoms with Crippen LogP contribution in [0.2, 0.25) is 0 Å². The number of nitrogens with one attached hydrogen (secondary N) is 1. The van der Waals surface area contributed by atoms with E-state index in [0.29, 0.717) is 17.7 Å². The molecule has 1 amide bonds. The number of hydrogen-bond donors (Lipinski definition) is 2. The van der Waals surface area contributed by atoms with Crippen LogP contribution in [0.4, 0.5) is 5.69 Å². The average molecular weight is 274 g/mol. The zero-order valence-electron chi connectivity index (χ0n) is 11.1. The van der Waals surface area contributed by atoms with Crippen molar-refractivity contribution in [2.45, 2.75) is 20.3 Å². The van der Waals surface area contributed by atoms with Gasteiger partial charge in [0.15, 0.2) is 0 Å². The summed E-state index contributed by atoms with van der Waals surface area (Å²) in [4.78, 5) is 22.4. The number of carbonyl (C=O) groups excluding carboxylic acids is 1. The molecule has 1 aromatic carbocycles. The number of hydrogen-bond acceptors (Lipinski definition) is 4. The first kappa shape index (κ1) is 13.8. The lowest BCUT2D eigenvalue weighted by Crippen LogP contribution is -2.09. The number of aryl methyl sites for hydroxylation is 1. The van der Waals surface area contributed by atoms with E-state index in [1.54, 1.807) is 38.1 Å². The van der Waals surface area contributed by atoms with E-state index in [-0.39, 0.29) is 22.9 Å². The minimum Gasteiger partial charge on any atom is -0.477 e. The molecule has 6 nitrogen and oxygen atoms in total. The first-order valence-corrected chi connectivity index (χ1v) is 6.12. The summed E-state index contributed by atoms with van der Waals surface area (Å²) in [6, 6.07) is 6.76. The number of amides is 1. The first-order chi connectivity index (χ1) is 9.52. The SMILES string of the molecule is CCC(=O)Nc1ccc(-c2noc(C)c2C(=O)O)cc1. The Kier molecular flexibility index (Phi) is 3.84. The molecule has 0 fully saturated rings. The quantitative estimate of drug-likeness (QED) is 0.894. The lowest BCUT2D eigenvalue weighted by molar-refractivity contribution is -0.115. The maximum atomic E-state index is 11.3. The molecule has 2 N–H and O–H groups in total. The van der Waals surface area contributed by atoms with Crippen LogP contribution in [0.15, 0.2) is 28.8 Å². The van der Waals surface area contributed by atoms with E-state index in [9.17, 15) is 9.59 Å². The minimum atomic E-state index is -1.08. The predicted octanol–water partition coefficient (Wildman–Crippen LogP) is 2.70. The molecule has 0 aliphatic rings. The van der Waals surface area contributed by atoms with Crippen LogP contribution < -0.4 is 5.32 Å². The Morgan fingerprint density at radius 2 is 1.95 bits per heavy atom. The summed E-state index contributed by atoms with van der Waals surface area (Å²) in [5.41, 5.74) is 1.60. The fraction of sp³-hybridized carbons (Fsp3) is 0.214. The highest BCUT2D eigenvalue weighted by Gasteiger charge is 2.20. The van der Waals surface area contributed by atoms with E-state index in [1.165, 1.54) is 0 Å². The van der Waals surface area contributed by atoms with Crippen LogP contribution in [0.3, 0.4) is 0 Å². The van der Waals surface area contributed by atoms with Crippen LogP contribution in [0.25, 0.3) is 11.3 Å². The number of aromatic carboxylic acids is 1. The van der Waals surface area contributed by atoms with Gasteiger partial charge < -0.3 is 14.9 Å². The Morgan fingerprint density at radius 3 is 2.50 bits per heavy atom. The van der Waals surface area contributed by atoms with Crippen molar-refractivity contribution in [2.24, 2.45) is 0 Å². The lowest BCUT2D eigenvalue weighted by atomic mass is 10.1. The number of rotatable bonds is 4. The van der Waals surface area contributed by atoms with Crippen molar-refractivity contribution < 1.29 is 19.2 Å². The van der Waals surface area contributed by atoms with Crippen LogP contribution in [-0.4, -0.2) is 22.1 Å². The van der Waals surface area contributed by atoms with Gasteiger partial charge in [-0.15, -0.1) is 0 Å². The van der Waals surface area contributed by atoms with Gasteiger partial charge in [-0.25, -0.2) is 4.79 Å². The predicted molar refractivity (Wildman–Crippen MR) is 72.6 cm³/mol. The van der Waals surface area contributed by atoms with Gasteiger partial charge in [0.25, 0.3) is 0 Å². The van der Waals surface area contributed by atoms with Gasteiger partial charge in [0.2, 0.25) is 5.91 Å². The molecule has 2 rings (SSSR count). The zero-order valence-corrected chi connectivity index (χ0v) is 11.1. The molecule has 0 saturated carbocycles. The Bertz CT molecular complexity index is 644. The first-order valence-electron chi connectivity index (χ1n) is 6.12. The molecular weight excluding hydrogens is 260 g/mol. The van der Waals surface area contributed by atoms with E-state index in [0.717, 1.165) is 0 Å². The molecule has 0 saturated heterocycles. The summed E-state index contributed by atoms with van der Waals surface area (Å²) in [5.74, 6) is -0.903. The number of nitrogens with zero attached hydrogens (tertiary/aromatic N) is 1. The summed E-state index contributed by atoms with van der Waals surface area (Å²) >= 11 is 0. The largest absolute Gasteiger partial charge is 0.477 e. The van der Waals surface area contributed by atoms with E-state index >= 15 is 0 Å². The van der Waals surface area contributed by atoms with Gasteiger partial charge in [0.05, 0.1) is 0 Å². The summed E-state index contributed by atoms with van der Waals surface area (Å²) in [7, 11) is 0. The van der Waals surface area contributed by atoms with Gasteiger partial charge in [0, 0.05) is 17.7 Å². The second-order valence-corrected chi connectivity index (χ2v) is 4.25. The second kappa shape index (κ2) is 5.56. The normalized spacial score (nSPS) is 10.3. The molecule has 0 atom stereocenters. The monoisotopic (exact) mass is 274 g/mol. The zero-order chi connectivity index (χ0) is 14.7. The standard InChI is InChI=1S/C14H14N2O4/c1-3-11(17)15-10-6-4-9(5-7-10)13-12(14(18)19)8(2)20-16-13/h4-7H,3H2,1-2H3,(H,15,17)(H,18,19). The summed E-state index contributed by atoms with van der Waals surface area (Å²) in [6.07, 6.45) is 0.396. The molecule has 0 radical (unpaired) electrons. The molecule has 104 valence electrons. The number of benzene rings is 1. The third kappa shape index (κ3) is 2.69.